The van der Waals surface area contributed by atoms with Gasteiger partial charge in [0.05, 0.1) is 23.5 Å². The Labute approximate surface area is 194 Å². The molecule has 2 amide bonds. The Bertz CT molecular complexity index is 1210. The second-order valence-corrected chi connectivity index (χ2v) is 8.45. The molecule has 174 valence electrons. The molecule has 0 fully saturated rings. The highest BCUT2D eigenvalue weighted by atomic mass is 32.1. The van der Waals surface area contributed by atoms with Crippen molar-refractivity contribution in [2.45, 2.75) is 20.3 Å². The lowest BCUT2D eigenvalue weighted by Gasteiger charge is -2.09. The van der Waals surface area contributed by atoms with Crippen molar-refractivity contribution in [1.82, 2.24) is 9.88 Å². The number of ether oxygens (including phenoxy) is 2. The van der Waals surface area contributed by atoms with Gasteiger partial charge in [-0.05, 0) is 31.0 Å². The molecule has 10 heteroatoms. The van der Waals surface area contributed by atoms with Crippen molar-refractivity contribution in [3.63, 3.8) is 0 Å². The number of rotatable bonds is 8. The van der Waals surface area contributed by atoms with E-state index in [4.69, 9.17) is 9.47 Å². The molecule has 3 rings (SSSR count). The molecule has 2 N–H and O–H groups in total. The number of H-pyrrole nitrogens is 1. The maximum atomic E-state index is 12.5. The van der Waals surface area contributed by atoms with E-state index < -0.39 is 24.5 Å². The molecule has 0 saturated carbocycles. The molecular formula is C23H25N3O6S. The van der Waals surface area contributed by atoms with Crippen LogP contribution in [-0.2, 0) is 25.5 Å². The Morgan fingerprint density at radius 2 is 1.85 bits per heavy atom. The number of thiophene rings is 1. The van der Waals surface area contributed by atoms with E-state index in [-0.39, 0.29) is 29.5 Å². The largest absolute Gasteiger partial charge is 0.462 e. The van der Waals surface area contributed by atoms with Crippen LogP contribution in [0.5, 0.6) is 0 Å². The smallest absolute Gasteiger partial charge is 0.341 e. The maximum Gasteiger partial charge on any atom is 0.341 e. The fraction of sp³-hybridized carbons (Fsp3) is 0.304. The quantitative estimate of drug-likeness (QED) is 0.488. The van der Waals surface area contributed by atoms with Crippen LogP contribution in [0.2, 0.25) is 0 Å². The van der Waals surface area contributed by atoms with E-state index >= 15 is 0 Å². The van der Waals surface area contributed by atoms with Crippen LogP contribution in [0, 0.1) is 6.92 Å². The van der Waals surface area contributed by atoms with Gasteiger partial charge in [0.2, 0.25) is 0 Å². The van der Waals surface area contributed by atoms with Gasteiger partial charge in [0, 0.05) is 31.2 Å². The number of para-hydroxylation sites is 1. The van der Waals surface area contributed by atoms with Crippen LogP contribution in [0.15, 0.2) is 30.5 Å². The molecule has 2 heterocycles. The van der Waals surface area contributed by atoms with Crippen LogP contribution in [0.1, 0.15) is 38.1 Å². The number of fused-ring (bicyclic) bond motifs is 1. The van der Waals surface area contributed by atoms with Gasteiger partial charge in [0.25, 0.3) is 11.8 Å². The van der Waals surface area contributed by atoms with Gasteiger partial charge in [-0.15, -0.1) is 11.3 Å². The lowest BCUT2D eigenvalue weighted by molar-refractivity contribution is -0.146. The Morgan fingerprint density at radius 1 is 1.12 bits per heavy atom. The third-order valence-corrected chi connectivity index (χ3v) is 6.05. The summed E-state index contributed by atoms with van der Waals surface area (Å²) >= 11 is 0.976. The highest BCUT2D eigenvalue weighted by Crippen LogP contribution is 2.34. The molecule has 0 aliphatic carbocycles. The minimum Gasteiger partial charge on any atom is -0.462 e. The SMILES string of the molecule is CCOC(=O)c1c(NC(=O)COC(=O)Cc2c[nH]c3ccccc23)sc(C(=O)N(C)C)c1C. The molecule has 0 atom stereocenters. The Morgan fingerprint density at radius 3 is 2.55 bits per heavy atom. The van der Waals surface area contributed by atoms with Crippen LogP contribution in [0.3, 0.4) is 0 Å². The minimum absolute atomic E-state index is 0.00492. The molecule has 0 aliphatic rings. The zero-order chi connectivity index (χ0) is 24.1. The summed E-state index contributed by atoms with van der Waals surface area (Å²) in [6.45, 7) is 2.90. The maximum absolute atomic E-state index is 12.5. The molecule has 33 heavy (non-hydrogen) atoms. The number of aromatic nitrogens is 1. The number of carbonyl (C=O) groups excluding carboxylic acids is 4. The predicted molar refractivity (Wildman–Crippen MR) is 125 cm³/mol. The van der Waals surface area contributed by atoms with Crippen molar-refractivity contribution in [2.75, 3.05) is 32.6 Å². The number of nitrogens with one attached hydrogen (secondary N) is 2. The molecule has 0 radical (unpaired) electrons. The third kappa shape index (κ3) is 5.40. The third-order valence-electron chi connectivity index (χ3n) is 4.85. The van der Waals surface area contributed by atoms with Crippen LogP contribution < -0.4 is 5.32 Å². The van der Waals surface area contributed by atoms with Crippen molar-refractivity contribution in [3.05, 3.63) is 52.0 Å². The highest BCUT2D eigenvalue weighted by molar-refractivity contribution is 7.18. The van der Waals surface area contributed by atoms with E-state index in [2.05, 4.69) is 10.3 Å². The Balaban J connectivity index is 1.68. The Hall–Kier alpha value is -3.66. The summed E-state index contributed by atoms with van der Waals surface area (Å²) in [6.07, 6.45) is 1.74. The molecule has 0 aliphatic heterocycles. The fourth-order valence-electron chi connectivity index (χ4n) is 3.25. The molecule has 2 aromatic heterocycles. The first kappa shape index (κ1) is 24.0. The molecular weight excluding hydrogens is 446 g/mol. The van der Waals surface area contributed by atoms with Crippen LogP contribution in [0.25, 0.3) is 10.9 Å². The summed E-state index contributed by atoms with van der Waals surface area (Å²) in [5.41, 5.74) is 2.20. The zero-order valence-electron chi connectivity index (χ0n) is 18.8. The number of anilines is 1. The fourth-order valence-corrected chi connectivity index (χ4v) is 4.48. The number of nitrogens with zero attached hydrogens (tertiary/aromatic N) is 1. The first-order chi connectivity index (χ1) is 15.7. The topological polar surface area (TPSA) is 118 Å². The predicted octanol–water partition coefficient (Wildman–Crippen LogP) is 3.14. The lowest BCUT2D eigenvalue weighted by atomic mass is 10.1. The molecule has 9 nitrogen and oxygen atoms in total. The molecule has 0 bridgehead atoms. The molecule has 0 unspecified atom stereocenters. The molecule has 1 aromatic carbocycles. The van der Waals surface area contributed by atoms with Gasteiger partial charge in [-0.3, -0.25) is 14.4 Å². The number of amides is 2. The van der Waals surface area contributed by atoms with Gasteiger partial charge in [0.15, 0.2) is 6.61 Å². The van der Waals surface area contributed by atoms with E-state index in [9.17, 15) is 19.2 Å². The van der Waals surface area contributed by atoms with Gasteiger partial charge >= 0.3 is 11.9 Å². The second kappa shape index (κ2) is 10.3. The number of esters is 2. The van der Waals surface area contributed by atoms with Crippen molar-refractivity contribution >= 4 is 51.0 Å². The van der Waals surface area contributed by atoms with E-state index in [1.54, 1.807) is 34.1 Å². The number of benzene rings is 1. The van der Waals surface area contributed by atoms with E-state index in [0.717, 1.165) is 27.8 Å². The summed E-state index contributed by atoms with van der Waals surface area (Å²) < 4.78 is 10.2. The monoisotopic (exact) mass is 471 g/mol. The van der Waals surface area contributed by atoms with Gasteiger partial charge in [-0.2, -0.15) is 0 Å². The summed E-state index contributed by atoms with van der Waals surface area (Å²) in [5.74, 6) is -2.13. The summed E-state index contributed by atoms with van der Waals surface area (Å²) in [5, 5.41) is 3.66. The minimum atomic E-state index is -0.643. The highest BCUT2D eigenvalue weighted by Gasteiger charge is 2.27. The average molecular weight is 472 g/mol. The van der Waals surface area contributed by atoms with Crippen LogP contribution in [-0.4, -0.2) is 60.9 Å². The average Bonchev–Trinajstić information content (AvgIpc) is 3.32. The molecule has 0 saturated heterocycles. The molecule has 0 spiro atoms. The summed E-state index contributed by atoms with van der Waals surface area (Å²) in [4.78, 5) is 54.4. The van der Waals surface area contributed by atoms with Crippen molar-refractivity contribution in [2.24, 2.45) is 0 Å². The van der Waals surface area contributed by atoms with E-state index in [1.165, 1.54) is 4.90 Å². The first-order valence-corrected chi connectivity index (χ1v) is 11.1. The normalized spacial score (nSPS) is 10.7. The van der Waals surface area contributed by atoms with Gasteiger partial charge in [-0.25, -0.2) is 4.79 Å². The second-order valence-electron chi connectivity index (χ2n) is 7.43. The van der Waals surface area contributed by atoms with Gasteiger partial charge in [0.1, 0.15) is 5.00 Å². The zero-order valence-corrected chi connectivity index (χ0v) is 19.6. The first-order valence-electron chi connectivity index (χ1n) is 10.3. The summed E-state index contributed by atoms with van der Waals surface area (Å²) in [6, 6.07) is 7.55. The summed E-state index contributed by atoms with van der Waals surface area (Å²) in [7, 11) is 3.19. The lowest BCUT2D eigenvalue weighted by Crippen LogP contribution is -2.22. The van der Waals surface area contributed by atoms with Crippen molar-refractivity contribution < 1.29 is 28.7 Å². The van der Waals surface area contributed by atoms with Crippen LogP contribution in [0.4, 0.5) is 5.00 Å². The van der Waals surface area contributed by atoms with Gasteiger partial charge in [-0.1, -0.05) is 18.2 Å². The number of carbonyl (C=O) groups is 4. The standard InChI is InChI=1S/C23H25N3O6S/c1-5-31-23(30)19-13(2)20(22(29)26(3)4)33-21(19)25-17(27)12-32-18(28)10-14-11-24-16-9-7-6-8-15(14)16/h6-9,11,24H,5,10,12H2,1-4H3,(H,25,27). The van der Waals surface area contributed by atoms with E-state index in [1.807, 2.05) is 24.3 Å². The molecule has 3 aromatic rings. The number of hydrogen-bond donors (Lipinski definition) is 2. The van der Waals surface area contributed by atoms with Crippen molar-refractivity contribution in [1.29, 1.82) is 0 Å². The number of hydrogen-bond acceptors (Lipinski definition) is 7. The number of aromatic amines is 1. The van der Waals surface area contributed by atoms with Gasteiger partial charge < -0.3 is 24.7 Å². The van der Waals surface area contributed by atoms with E-state index in [0.29, 0.717) is 10.4 Å². The Kier molecular flexibility index (Phi) is 7.49. The van der Waals surface area contributed by atoms with Crippen molar-refractivity contribution in [3.8, 4) is 0 Å². The van der Waals surface area contributed by atoms with Crippen LogP contribution >= 0.6 is 11.3 Å².